The Morgan fingerprint density at radius 2 is 1.52 bits per heavy atom. The monoisotopic (exact) mass is 450 g/mol. The summed E-state index contributed by atoms with van der Waals surface area (Å²) in [5.74, 6) is -6.34. The second kappa shape index (κ2) is 8.49. The molecule has 2 aromatic rings. The first-order valence-corrected chi connectivity index (χ1v) is 9.19. The third-order valence-corrected chi connectivity index (χ3v) is 6.21. The van der Waals surface area contributed by atoms with Gasteiger partial charge in [0.05, 0.1) is 0 Å². The number of ketones is 1. The Bertz CT molecular complexity index is 893. The molecule has 0 N–H and O–H groups in total. The molecule has 0 saturated heterocycles. The van der Waals surface area contributed by atoms with E-state index in [0.717, 1.165) is 14.2 Å². The number of halogens is 2. The van der Waals surface area contributed by atoms with Crippen LogP contribution in [-0.2, 0) is 19.1 Å². The van der Waals surface area contributed by atoms with Crippen LogP contribution in [-0.4, -0.2) is 66.8 Å². The molecule has 1 aromatic carbocycles. The van der Waals surface area contributed by atoms with E-state index in [9.17, 15) is 23.2 Å². The summed E-state index contributed by atoms with van der Waals surface area (Å²) < 4.78 is 48.1. The predicted molar refractivity (Wildman–Crippen MR) is 90.7 cm³/mol. The number of fused-ring (bicyclic) bond motifs is 1. The molecule has 27 heavy (non-hydrogen) atoms. The molecule has 0 aliphatic carbocycles. The number of methoxy groups -OCH3 is 4. The quantitative estimate of drug-likeness (QED) is 0.274. The van der Waals surface area contributed by atoms with Gasteiger partial charge in [-0.25, -0.2) is 0 Å². The minimum absolute atomic E-state index is 0.0908. The molecule has 1 heterocycles. The Balaban J connectivity index is 2.58. The first-order chi connectivity index (χ1) is 12.8. The van der Waals surface area contributed by atoms with Crippen molar-refractivity contribution in [2.24, 2.45) is 5.92 Å². The van der Waals surface area contributed by atoms with Gasteiger partial charge >= 0.3 is 158 Å². The molecular formula is C17H16F2O7Se. The molecule has 7 nitrogen and oxygen atoms in total. The van der Waals surface area contributed by atoms with Gasteiger partial charge in [-0.2, -0.15) is 0 Å². The third kappa shape index (κ3) is 3.81. The zero-order valence-corrected chi connectivity index (χ0v) is 16.5. The zero-order chi connectivity index (χ0) is 20.3. The van der Waals surface area contributed by atoms with Crippen LogP contribution in [0.3, 0.4) is 0 Å². The van der Waals surface area contributed by atoms with Crippen molar-refractivity contribution in [3.63, 3.8) is 0 Å². The number of Topliss-reactive ketones (excluding diaryl/α,β-unsaturated/α-hetero) is 1. The predicted octanol–water partition coefficient (Wildman–Crippen LogP) is 1.54. The van der Waals surface area contributed by atoms with Gasteiger partial charge in [-0.3, -0.25) is 0 Å². The summed E-state index contributed by atoms with van der Waals surface area (Å²) >= 11 is -0.877. The molecule has 0 radical (unpaired) electrons. The SMILES string of the molecule is COC(=O)C(F)C(C(=O)OC)C(=O)c1[se]c2cc(OC)c(OC)cc2c1F. The van der Waals surface area contributed by atoms with Crippen molar-refractivity contribution in [1.29, 1.82) is 0 Å². The number of hydrogen-bond acceptors (Lipinski definition) is 7. The summed E-state index contributed by atoms with van der Waals surface area (Å²) in [6.45, 7) is 0. The van der Waals surface area contributed by atoms with Crippen molar-refractivity contribution in [2.45, 2.75) is 6.17 Å². The number of alkyl halides is 1. The van der Waals surface area contributed by atoms with Crippen molar-refractivity contribution in [2.75, 3.05) is 28.4 Å². The number of esters is 2. The Hall–Kier alpha value is -2.45. The summed E-state index contributed by atoms with van der Waals surface area (Å²) in [6.07, 6.45) is -2.61. The Labute approximate surface area is 158 Å². The van der Waals surface area contributed by atoms with Crippen LogP contribution in [0.2, 0.25) is 0 Å². The van der Waals surface area contributed by atoms with Gasteiger partial charge in [-0.1, -0.05) is 0 Å². The fourth-order valence-corrected chi connectivity index (χ4v) is 4.68. The van der Waals surface area contributed by atoms with Crippen LogP contribution in [0.25, 0.3) is 9.65 Å². The van der Waals surface area contributed by atoms with Crippen molar-refractivity contribution in [3.8, 4) is 11.5 Å². The molecule has 2 unspecified atom stereocenters. The van der Waals surface area contributed by atoms with Crippen molar-refractivity contribution in [1.82, 2.24) is 0 Å². The second-order valence-electron chi connectivity index (χ2n) is 5.24. The van der Waals surface area contributed by atoms with Crippen LogP contribution >= 0.6 is 0 Å². The molecule has 146 valence electrons. The third-order valence-electron chi connectivity index (χ3n) is 3.81. The van der Waals surface area contributed by atoms with Crippen LogP contribution in [0.5, 0.6) is 11.5 Å². The van der Waals surface area contributed by atoms with E-state index in [1.54, 1.807) is 0 Å². The maximum absolute atomic E-state index is 14.8. The van der Waals surface area contributed by atoms with E-state index in [1.807, 2.05) is 0 Å². The molecule has 2 rings (SSSR count). The van der Waals surface area contributed by atoms with Crippen LogP contribution < -0.4 is 9.47 Å². The molecule has 0 spiro atoms. The van der Waals surface area contributed by atoms with E-state index >= 15 is 0 Å². The van der Waals surface area contributed by atoms with Crippen LogP contribution in [0.1, 0.15) is 9.23 Å². The Kier molecular flexibility index (Phi) is 6.56. The number of carbonyl (C=O) groups excluding carboxylic acids is 3. The molecule has 0 bridgehead atoms. The van der Waals surface area contributed by atoms with Gasteiger partial charge in [0, 0.05) is 0 Å². The fourth-order valence-electron chi connectivity index (χ4n) is 2.43. The van der Waals surface area contributed by atoms with E-state index in [-0.39, 0.29) is 15.6 Å². The molecule has 0 aliphatic heterocycles. The van der Waals surface area contributed by atoms with E-state index in [0.29, 0.717) is 10.0 Å². The van der Waals surface area contributed by atoms with E-state index in [1.165, 1.54) is 26.4 Å². The first kappa shape index (κ1) is 20.9. The number of hydrogen-bond donors (Lipinski definition) is 0. The minimum atomic E-state index is -2.61. The Morgan fingerprint density at radius 1 is 0.963 bits per heavy atom. The van der Waals surface area contributed by atoms with Gasteiger partial charge in [-0.05, 0) is 0 Å². The van der Waals surface area contributed by atoms with E-state index < -0.39 is 50.1 Å². The Morgan fingerprint density at radius 3 is 2.04 bits per heavy atom. The van der Waals surface area contributed by atoms with Gasteiger partial charge < -0.3 is 0 Å². The fraction of sp³-hybridized carbons (Fsp3) is 0.353. The normalized spacial score (nSPS) is 13.0. The van der Waals surface area contributed by atoms with Gasteiger partial charge in [-0.15, -0.1) is 0 Å². The summed E-state index contributed by atoms with van der Waals surface area (Å²) in [5.41, 5.74) is 0. The maximum atomic E-state index is 14.8. The van der Waals surface area contributed by atoms with Crippen molar-refractivity contribution in [3.05, 3.63) is 22.4 Å². The molecule has 0 fully saturated rings. The van der Waals surface area contributed by atoms with Crippen molar-refractivity contribution < 1.29 is 42.1 Å². The van der Waals surface area contributed by atoms with Gasteiger partial charge in [0.25, 0.3) is 0 Å². The summed E-state index contributed by atoms with van der Waals surface area (Å²) in [6, 6.07) is 2.86. The van der Waals surface area contributed by atoms with E-state index in [4.69, 9.17) is 9.47 Å². The molecule has 10 heteroatoms. The van der Waals surface area contributed by atoms with Gasteiger partial charge in [0.1, 0.15) is 0 Å². The van der Waals surface area contributed by atoms with Gasteiger partial charge in [0.15, 0.2) is 0 Å². The first-order valence-electron chi connectivity index (χ1n) is 7.48. The number of benzene rings is 1. The van der Waals surface area contributed by atoms with Crippen LogP contribution in [0, 0.1) is 11.7 Å². The van der Waals surface area contributed by atoms with Crippen LogP contribution in [0.4, 0.5) is 8.78 Å². The molecular weight excluding hydrogens is 433 g/mol. The standard InChI is InChI=1S/C17H16F2O7Se/c1-23-8-5-7-10(6-9(8)24-2)27-15(12(7)18)14(20)11(16(21)25-3)13(19)17(22)26-4/h5-6,11,13H,1-4H3. The number of rotatable bonds is 7. The molecule has 2 atom stereocenters. The van der Waals surface area contributed by atoms with Gasteiger partial charge in [0.2, 0.25) is 0 Å². The topological polar surface area (TPSA) is 88.1 Å². The number of ether oxygens (including phenoxy) is 4. The van der Waals surface area contributed by atoms with E-state index in [2.05, 4.69) is 9.47 Å². The van der Waals surface area contributed by atoms with Crippen LogP contribution in [0.15, 0.2) is 12.1 Å². The molecule has 1 aromatic heterocycles. The molecule has 0 amide bonds. The molecule has 0 aliphatic rings. The average molecular weight is 449 g/mol. The molecule has 0 saturated carbocycles. The summed E-state index contributed by atoms with van der Waals surface area (Å²) in [5, 5.41) is 0.0908. The zero-order valence-electron chi connectivity index (χ0n) is 14.8. The summed E-state index contributed by atoms with van der Waals surface area (Å²) in [7, 11) is 4.61. The average Bonchev–Trinajstić information content (AvgIpc) is 3.01. The second-order valence-corrected chi connectivity index (χ2v) is 7.45. The number of carbonyl (C=O) groups is 3. The summed E-state index contributed by atoms with van der Waals surface area (Å²) in [4.78, 5) is 36.1. The van der Waals surface area contributed by atoms with Crippen molar-refractivity contribution >= 4 is 41.9 Å².